The molecule has 1 rings (SSSR count). The van der Waals surface area contributed by atoms with E-state index in [0.29, 0.717) is 6.42 Å². The summed E-state index contributed by atoms with van der Waals surface area (Å²) in [4.78, 5) is 10.8. The molecule has 4 nitrogen and oxygen atoms in total. The summed E-state index contributed by atoms with van der Waals surface area (Å²) >= 11 is 0. The zero-order chi connectivity index (χ0) is 10.6. The van der Waals surface area contributed by atoms with E-state index >= 15 is 0 Å². The number of hydrogen-bond donors (Lipinski definition) is 0. The van der Waals surface area contributed by atoms with E-state index in [-0.39, 0.29) is 24.0 Å². The van der Waals surface area contributed by atoms with Gasteiger partial charge in [-0.05, 0) is 13.3 Å². The molecule has 14 heavy (non-hydrogen) atoms. The Bertz CT molecular complexity index is 371. The van der Waals surface area contributed by atoms with Crippen LogP contribution in [-0.2, 0) is 19.4 Å². The lowest BCUT2D eigenvalue weighted by Crippen LogP contribution is -2.04. The molecule has 0 radical (unpaired) electrons. The van der Waals surface area contributed by atoms with Gasteiger partial charge in [-0.15, -0.1) is 0 Å². The first-order valence-electron chi connectivity index (χ1n) is 4.42. The van der Waals surface area contributed by atoms with Gasteiger partial charge in [0.1, 0.15) is 0 Å². The Labute approximate surface area is 83.6 Å². The maximum Gasteiger partial charge on any atom is 0.384 e. The molecule has 0 saturated carbocycles. The molecule has 78 valence electrons. The fourth-order valence-electron chi connectivity index (χ4n) is 1.24. The predicted octanol–water partition coefficient (Wildman–Crippen LogP) is -0.0124. The number of esters is 1. The van der Waals surface area contributed by atoms with Gasteiger partial charge in [0.05, 0.1) is 18.1 Å². The average Bonchev–Trinajstić information content (AvgIpc) is 2.43. The summed E-state index contributed by atoms with van der Waals surface area (Å²) < 4.78 is 26.6. The quantitative estimate of drug-likeness (QED) is 0.351. The Morgan fingerprint density at radius 1 is 1.57 bits per heavy atom. The van der Waals surface area contributed by atoms with Crippen LogP contribution in [0.3, 0.4) is 0 Å². The zero-order valence-electron chi connectivity index (χ0n) is 7.95. The Hall–Kier alpha value is -1.02. The molecule has 0 aromatic heterocycles. The van der Waals surface area contributed by atoms with Crippen LogP contribution in [0.5, 0.6) is 0 Å². The van der Waals surface area contributed by atoms with Gasteiger partial charge in [-0.25, -0.2) is 13.2 Å². The van der Waals surface area contributed by atoms with Crippen LogP contribution < -0.4 is 0 Å². The molecule has 0 N–H and O–H groups in total. The third-order valence-corrected chi connectivity index (χ3v) is 3.65. The number of rotatable bonds is 1. The molecular weight excluding hydrogens is 204 g/mol. The highest BCUT2D eigenvalue weighted by Crippen LogP contribution is 2.16. The molecule has 0 spiro atoms. The van der Waals surface area contributed by atoms with Crippen molar-refractivity contribution in [3.05, 3.63) is 0 Å². The first-order valence-corrected chi connectivity index (χ1v) is 6.24. The Morgan fingerprint density at radius 3 is 2.79 bits per heavy atom. The zero-order valence-corrected chi connectivity index (χ0v) is 8.76. The second-order valence-electron chi connectivity index (χ2n) is 3.09. The Balaban J connectivity index is 2.50. The minimum Gasteiger partial charge on any atom is -0.456 e. The average molecular weight is 216 g/mol. The molecule has 0 aromatic rings. The molecule has 0 aliphatic carbocycles. The molecule has 1 aliphatic rings. The summed E-state index contributed by atoms with van der Waals surface area (Å²) in [7, 11) is -2.91. The number of carbonyl (C=O) groups excluding carboxylic acids is 1. The maximum atomic E-state index is 11.0. The number of carbonyl (C=O) groups is 1. The molecule has 1 atom stereocenters. The summed E-state index contributed by atoms with van der Waals surface area (Å²) in [5, 5.41) is 0. The lowest BCUT2D eigenvalue weighted by Gasteiger charge is -1.94. The highest BCUT2D eigenvalue weighted by atomic mass is 32.2. The number of hydrogen-bond acceptors (Lipinski definition) is 4. The van der Waals surface area contributed by atoms with Crippen molar-refractivity contribution in [3.8, 4) is 11.8 Å². The van der Waals surface area contributed by atoms with Crippen molar-refractivity contribution in [3.63, 3.8) is 0 Å². The SMILES string of the molecule is CCOC(=O)C#CC1CCS(=O)(=O)C1. The van der Waals surface area contributed by atoms with Crippen molar-refractivity contribution < 1.29 is 17.9 Å². The van der Waals surface area contributed by atoms with Gasteiger partial charge in [0.25, 0.3) is 0 Å². The summed E-state index contributed by atoms with van der Waals surface area (Å²) in [5.41, 5.74) is 0. The summed E-state index contributed by atoms with van der Waals surface area (Å²) in [6, 6.07) is 0. The third-order valence-electron chi connectivity index (χ3n) is 1.89. The monoisotopic (exact) mass is 216 g/mol. The van der Waals surface area contributed by atoms with E-state index in [1.54, 1.807) is 6.92 Å². The van der Waals surface area contributed by atoms with E-state index in [0.717, 1.165) is 0 Å². The van der Waals surface area contributed by atoms with Crippen LogP contribution in [0.4, 0.5) is 0 Å². The fraction of sp³-hybridized carbons (Fsp3) is 0.667. The topological polar surface area (TPSA) is 60.4 Å². The lowest BCUT2D eigenvalue weighted by atomic mass is 10.1. The van der Waals surface area contributed by atoms with Crippen LogP contribution in [0.1, 0.15) is 13.3 Å². The minimum atomic E-state index is -2.91. The van der Waals surface area contributed by atoms with E-state index in [2.05, 4.69) is 16.6 Å². The van der Waals surface area contributed by atoms with Crippen LogP contribution in [-0.4, -0.2) is 32.5 Å². The van der Waals surface area contributed by atoms with Crippen LogP contribution in [0.15, 0.2) is 0 Å². The minimum absolute atomic E-state index is 0.0689. The third kappa shape index (κ3) is 3.38. The first kappa shape index (κ1) is 11.1. The van der Waals surface area contributed by atoms with Gasteiger partial charge in [0.15, 0.2) is 9.84 Å². The molecule has 1 unspecified atom stereocenters. The van der Waals surface area contributed by atoms with Gasteiger partial charge >= 0.3 is 5.97 Å². The van der Waals surface area contributed by atoms with E-state index in [9.17, 15) is 13.2 Å². The second kappa shape index (κ2) is 4.47. The van der Waals surface area contributed by atoms with Crippen molar-refractivity contribution in [2.75, 3.05) is 18.1 Å². The maximum absolute atomic E-state index is 11.0. The Kier molecular flexibility index (Phi) is 3.53. The second-order valence-corrected chi connectivity index (χ2v) is 5.32. The van der Waals surface area contributed by atoms with E-state index in [1.807, 2.05) is 0 Å². The standard InChI is InChI=1S/C9H12O4S/c1-2-13-9(10)4-3-8-5-6-14(11,12)7-8/h8H,2,5-7H2,1H3. The van der Waals surface area contributed by atoms with Crippen LogP contribution in [0.25, 0.3) is 0 Å². The van der Waals surface area contributed by atoms with Gasteiger partial charge in [-0.1, -0.05) is 5.92 Å². The molecule has 0 bridgehead atoms. The molecule has 1 aliphatic heterocycles. The van der Waals surface area contributed by atoms with Gasteiger partial charge in [-0.2, -0.15) is 0 Å². The molecule has 1 fully saturated rings. The molecule has 0 amide bonds. The summed E-state index contributed by atoms with van der Waals surface area (Å²) in [5.74, 6) is 4.36. The van der Waals surface area contributed by atoms with Gasteiger partial charge in [-0.3, -0.25) is 0 Å². The highest BCUT2D eigenvalue weighted by Gasteiger charge is 2.26. The largest absolute Gasteiger partial charge is 0.456 e. The van der Waals surface area contributed by atoms with Gasteiger partial charge < -0.3 is 4.74 Å². The van der Waals surface area contributed by atoms with E-state index in [1.165, 1.54) is 0 Å². The van der Waals surface area contributed by atoms with E-state index < -0.39 is 15.8 Å². The lowest BCUT2D eigenvalue weighted by molar-refractivity contribution is -0.136. The number of sulfone groups is 1. The Morgan fingerprint density at radius 2 is 2.29 bits per heavy atom. The molecule has 5 heteroatoms. The number of ether oxygens (including phenoxy) is 1. The van der Waals surface area contributed by atoms with Crippen molar-refractivity contribution in [1.29, 1.82) is 0 Å². The summed E-state index contributed by atoms with van der Waals surface area (Å²) in [6.07, 6.45) is 0.523. The first-order chi connectivity index (χ1) is 6.53. The molecule has 1 heterocycles. The molecular formula is C9H12O4S. The smallest absolute Gasteiger partial charge is 0.384 e. The van der Waals surface area contributed by atoms with Crippen LogP contribution in [0, 0.1) is 17.8 Å². The predicted molar refractivity (Wildman–Crippen MR) is 51.2 cm³/mol. The fourth-order valence-corrected chi connectivity index (χ4v) is 2.91. The van der Waals surface area contributed by atoms with Crippen molar-refractivity contribution in [2.45, 2.75) is 13.3 Å². The van der Waals surface area contributed by atoms with Crippen molar-refractivity contribution in [2.24, 2.45) is 5.92 Å². The normalized spacial score (nSPS) is 23.6. The van der Waals surface area contributed by atoms with Gasteiger partial charge in [0, 0.05) is 11.8 Å². The molecule has 1 saturated heterocycles. The van der Waals surface area contributed by atoms with E-state index in [4.69, 9.17) is 0 Å². The molecule has 0 aromatic carbocycles. The summed E-state index contributed by atoms with van der Waals surface area (Å²) in [6.45, 7) is 1.98. The van der Waals surface area contributed by atoms with Crippen LogP contribution >= 0.6 is 0 Å². The highest BCUT2D eigenvalue weighted by molar-refractivity contribution is 7.91. The van der Waals surface area contributed by atoms with Crippen molar-refractivity contribution in [1.82, 2.24) is 0 Å². The van der Waals surface area contributed by atoms with Crippen molar-refractivity contribution >= 4 is 15.8 Å². The van der Waals surface area contributed by atoms with Gasteiger partial charge in [0.2, 0.25) is 0 Å². The van der Waals surface area contributed by atoms with Crippen LogP contribution in [0.2, 0.25) is 0 Å².